The molecule has 0 spiro atoms. The second-order valence-electron chi connectivity index (χ2n) is 4.97. The zero-order valence-corrected chi connectivity index (χ0v) is 11.1. The van der Waals surface area contributed by atoms with Crippen molar-refractivity contribution in [2.45, 2.75) is 18.5 Å². The molecule has 0 amide bonds. The van der Waals surface area contributed by atoms with Gasteiger partial charge in [-0.15, -0.1) is 0 Å². The highest BCUT2D eigenvalue weighted by atomic mass is 16.5. The number of hydrogen-bond donors (Lipinski definition) is 1. The van der Waals surface area contributed by atoms with E-state index in [1.165, 1.54) is 5.56 Å². The van der Waals surface area contributed by atoms with Gasteiger partial charge in [0.1, 0.15) is 6.29 Å². The van der Waals surface area contributed by atoms with Crippen molar-refractivity contribution in [2.24, 2.45) is 0 Å². The first-order valence-electron chi connectivity index (χ1n) is 6.73. The maximum atomic E-state index is 10.8. The number of morpholine rings is 1. The van der Waals surface area contributed by atoms with E-state index in [2.05, 4.69) is 22.5 Å². The Morgan fingerprint density at radius 1 is 1.40 bits per heavy atom. The molecule has 1 saturated heterocycles. The molecule has 0 radical (unpaired) electrons. The molecule has 0 aliphatic carbocycles. The number of carbonyl (C=O) groups excluding carboxylic acids is 1. The van der Waals surface area contributed by atoms with E-state index in [1.54, 1.807) is 6.20 Å². The minimum Gasteiger partial charge on any atom is -0.378 e. The molecule has 1 aliphatic rings. The van der Waals surface area contributed by atoms with E-state index in [0.717, 1.165) is 18.4 Å². The van der Waals surface area contributed by atoms with Gasteiger partial charge < -0.3 is 14.8 Å². The van der Waals surface area contributed by atoms with E-state index in [-0.39, 0.29) is 12.1 Å². The van der Waals surface area contributed by atoms with Gasteiger partial charge in [-0.2, -0.15) is 5.10 Å². The number of carbonyl (C=O) groups is 1. The average molecular weight is 271 g/mol. The van der Waals surface area contributed by atoms with Gasteiger partial charge in [0.05, 0.1) is 24.9 Å². The minimum absolute atomic E-state index is 0.173. The van der Waals surface area contributed by atoms with Crippen molar-refractivity contribution in [3.8, 4) is 5.69 Å². The first kappa shape index (κ1) is 13.0. The number of nitrogens with one attached hydrogen (secondary N) is 1. The van der Waals surface area contributed by atoms with Crippen LogP contribution in [-0.2, 0) is 16.0 Å². The van der Waals surface area contributed by atoms with Crippen LogP contribution in [-0.4, -0.2) is 41.4 Å². The topological polar surface area (TPSA) is 56.2 Å². The molecule has 1 fully saturated rings. The second-order valence-corrected chi connectivity index (χ2v) is 4.97. The predicted molar refractivity (Wildman–Crippen MR) is 74.9 cm³/mol. The molecule has 20 heavy (non-hydrogen) atoms. The van der Waals surface area contributed by atoms with Crippen LogP contribution in [0, 0.1) is 0 Å². The van der Waals surface area contributed by atoms with Crippen LogP contribution < -0.4 is 5.32 Å². The molecule has 2 unspecified atom stereocenters. The molecule has 1 aromatic heterocycles. The zero-order valence-electron chi connectivity index (χ0n) is 11.1. The first-order chi connectivity index (χ1) is 9.85. The van der Waals surface area contributed by atoms with Gasteiger partial charge in [-0.25, -0.2) is 4.68 Å². The van der Waals surface area contributed by atoms with E-state index in [9.17, 15) is 4.79 Å². The molecule has 1 aliphatic heterocycles. The molecule has 1 aromatic carbocycles. The summed E-state index contributed by atoms with van der Waals surface area (Å²) >= 11 is 0. The summed E-state index contributed by atoms with van der Waals surface area (Å²) < 4.78 is 7.28. The van der Waals surface area contributed by atoms with Crippen LogP contribution in [0.25, 0.3) is 5.69 Å². The Kier molecular flexibility index (Phi) is 3.90. The molecule has 3 rings (SSSR count). The molecule has 0 saturated carbocycles. The van der Waals surface area contributed by atoms with Gasteiger partial charge in [-0.05, 0) is 30.2 Å². The van der Waals surface area contributed by atoms with Crippen molar-refractivity contribution < 1.29 is 9.53 Å². The summed E-state index contributed by atoms with van der Waals surface area (Å²) in [6.07, 6.45) is 5.42. The van der Waals surface area contributed by atoms with Crippen molar-refractivity contribution in [3.05, 3.63) is 48.3 Å². The van der Waals surface area contributed by atoms with Crippen LogP contribution in [0.5, 0.6) is 0 Å². The number of hydrogen-bond acceptors (Lipinski definition) is 4. The van der Waals surface area contributed by atoms with Gasteiger partial charge in [0.15, 0.2) is 0 Å². The Bertz CT molecular complexity index is 568. The highest BCUT2D eigenvalue weighted by Crippen LogP contribution is 2.13. The van der Waals surface area contributed by atoms with E-state index < -0.39 is 0 Å². The van der Waals surface area contributed by atoms with Gasteiger partial charge in [0, 0.05) is 18.4 Å². The highest BCUT2D eigenvalue weighted by Gasteiger charge is 2.21. The van der Waals surface area contributed by atoms with Crippen molar-refractivity contribution in [1.82, 2.24) is 15.1 Å². The molecule has 2 heterocycles. The Balaban J connectivity index is 1.71. The first-order valence-corrected chi connectivity index (χ1v) is 6.73. The van der Waals surface area contributed by atoms with Gasteiger partial charge in [-0.3, -0.25) is 0 Å². The van der Waals surface area contributed by atoms with Crippen molar-refractivity contribution in [3.63, 3.8) is 0 Å². The third-order valence-electron chi connectivity index (χ3n) is 3.39. The quantitative estimate of drug-likeness (QED) is 0.842. The minimum atomic E-state index is -0.192. The lowest BCUT2D eigenvalue weighted by atomic mass is 10.0. The van der Waals surface area contributed by atoms with Crippen molar-refractivity contribution in [1.29, 1.82) is 0 Å². The number of benzene rings is 1. The maximum absolute atomic E-state index is 10.8. The smallest absolute Gasteiger partial charge is 0.139 e. The van der Waals surface area contributed by atoms with E-state index in [1.807, 2.05) is 29.1 Å². The Morgan fingerprint density at radius 2 is 2.35 bits per heavy atom. The van der Waals surface area contributed by atoms with Crippen LogP contribution in [0.3, 0.4) is 0 Å². The second kappa shape index (κ2) is 5.98. The fraction of sp³-hybridized carbons (Fsp3) is 0.333. The number of ether oxygens (including phenoxy) is 1. The maximum Gasteiger partial charge on any atom is 0.139 e. The fourth-order valence-electron chi connectivity index (χ4n) is 2.46. The van der Waals surface area contributed by atoms with Gasteiger partial charge >= 0.3 is 0 Å². The number of aldehydes is 1. The molecule has 104 valence electrons. The summed E-state index contributed by atoms with van der Waals surface area (Å²) in [5, 5.41) is 7.52. The fourth-order valence-corrected chi connectivity index (χ4v) is 2.46. The molecule has 2 aromatic rings. The summed E-state index contributed by atoms with van der Waals surface area (Å²) in [4.78, 5) is 10.8. The molecule has 1 N–H and O–H groups in total. The summed E-state index contributed by atoms with van der Waals surface area (Å²) in [7, 11) is 0. The molecular formula is C15H17N3O2. The third-order valence-corrected chi connectivity index (χ3v) is 3.39. The SMILES string of the molecule is O=CC1COCC(Cc2cccc(-n3cccn3)c2)N1. The molecule has 5 nitrogen and oxygen atoms in total. The van der Waals surface area contributed by atoms with E-state index >= 15 is 0 Å². The largest absolute Gasteiger partial charge is 0.378 e. The number of aromatic nitrogens is 2. The zero-order chi connectivity index (χ0) is 13.8. The van der Waals surface area contributed by atoms with Gasteiger partial charge in [0.2, 0.25) is 0 Å². The third kappa shape index (κ3) is 2.95. The Labute approximate surface area is 117 Å². The van der Waals surface area contributed by atoms with Gasteiger partial charge in [-0.1, -0.05) is 12.1 Å². The van der Waals surface area contributed by atoms with Crippen LogP contribution >= 0.6 is 0 Å². The Hall–Kier alpha value is -1.98. The normalized spacial score (nSPS) is 22.6. The monoisotopic (exact) mass is 271 g/mol. The van der Waals surface area contributed by atoms with Crippen LogP contribution in [0.2, 0.25) is 0 Å². The van der Waals surface area contributed by atoms with Crippen molar-refractivity contribution in [2.75, 3.05) is 13.2 Å². The number of nitrogens with zero attached hydrogens (tertiary/aromatic N) is 2. The number of rotatable bonds is 4. The van der Waals surface area contributed by atoms with Crippen LogP contribution in [0.4, 0.5) is 0 Å². The molecule has 5 heteroatoms. The molecule has 0 bridgehead atoms. The van der Waals surface area contributed by atoms with Gasteiger partial charge in [0.25, 0.3) is 0 Å². The average Bonchev–Trinajstić information content (AvgIpc) is 3.02. The lowest BCUT2D eigenvalue weighted by Gasteiger charge is -2.28. The summed E-state index contributed by atoms with van der Waals surface area (Å²) in [6, 6.07) is 10.1. The van der Waals surface area contributed by atoms with E-state index in [4.69, 9.17) is 4.74 Å². The lowest BCUT2D eigenvalue weighted by molar-refractivity contribution is -0.112. The summed E-state index contributed by atoms with van der Waals surface area (Å²) in [5.41, 5.74) is 2.24. The Morgan fingerprint density at radius 3 is 3.15 bits per heavy atom. The van der Waals surface area contributed by atoms with Crippen molar-refractivity contribution >= 4 is 6.29 Å². The van der Waals surface area contributed by atoms with Crippen LogP contribution in [0.15, 0.2) is 42.7 Å². The molecular weight excluding hydrogens is 254 g/mol. The summed E-state index contributed by atoms with van der Waals surface area (Å²) in [5.74, 6) is 0. The standard InChI is InChI=1S/C15H17N3O2/c19-9-14-11-20-10-13(17-14)7-12-3-1-4-15(8-12)18-6-2-5-16-18/h1-6,8-9,13-14,17H,7,10-11H2. The lowest BCUT2D eigenvalue weighted by Crippen LogP contribution is -2.50. The van der Waals surface area contributed by atoms with Crippen LogP contribution in [0.1, 0.15) is 5.56 Å². The predicted octanol–water partition coefficient (Wildman–Crippen LogP) is 0.971. The van der Waals surface area contributed by atoms with E-state index in [0.29, 0.717) is 13.2 Å². The molecule has 2 atom stereocenters. The highest BCUT2D eigenvalue weighted by molar-refractivity contribution is 5.58. The summed E-state index contributed by atoms with van der Waals surface area (Å²) in [6.45, 7) is 1.10.